The number of allylic oxidation sites excluding steroid dienone is 8. The molecule has 284 valence electrons. The van der Waals surface area contributed by atoms with Gasteiger partial charge in [-0.3, -0.25) is 0 Å². The number of nitrogens with zero attached hydrogens (tertiary/aromatic N) is 2. The number of aldehydes is 1. The molecule has 0 amide bonds. The predicted octanol–water partition coefficient (Wildman–Crippen LogP) is 12.9. The van der Waals surface area contributed by atoms with Crippen LogP contribution in [-0.4, -0.2) is 36.5 Å². The Morgan fingerprint density at radius 3 is 1.85 bits per heavy atom. The molecule has 4 aromatic rings. The molecule has 0 unspecified atom stereocenters. The molecule has 0 saturated heterocycles. The first-order valence-corrected chi connectivity index (χ1v) is 20.1. The van der Waals surface area contributed by atoms with Crippen LogP contribution in [0.4, 0.5) is 11.4 Å². The minimum Gasteiger partial charge on any atom is -0.344 e. The lowest BCUT2D eigenvalue weighted by molar-refractivity contribution is -0.438. The molecule has 2 aliphatic heterocycles. The Morgan fingerprint density at radius 2 is 1.20 bits per heavy atom. The van der Waals surface area contributed by atoms with Crippen LogP contribution in [0.1, 0.15) is 111 Å². The number of fused-ring (bicyclic) bond motifs is 6. The standard InChI is InChI=1S/C47H57N2.C2H4O.CH2O/c1-7-9-11-22-34-48-40-32-30-36-24-18-20-26-38(36)44(40)46(3,4)42(48)28-16-14-13-15-17-29-43-47(5,6)45-39-27-21-19-25-37(39)31-33-41(45)49(43)35-23-12-10-8-2;1-2-3;1-2/h13-21,24-33H,7-12,22-23,34-35H2,1-6H3;2H,1H3;1H2/q+1;;. The van der Waals surface area contributed by atoms with Gasteiger partial charge in [-0.15, -0.1) is 0 Å². The van der Waals surface area contributed by atoms with Crippen molar-refractivity contribution in [1.29, 1.82) is 0 Å². The van der Waals surface area contributed by atoms with E-state index in [1.807, 2.05) is 6.79 Å². The normalized spacial score (nSPS) is 16.3. The van der Waals surface area contributed by atoms with Crippen LogP contribution in [0, 0.1) is 0 Å². The van der Waals surface area contributed by atoms with Gasteiger partial charge in [-0.1, -0.05) is 145 Å². The highest BCUT2D eigenvalue weighted by molar-refractivity contribution is 6.07. The van der Waals surface area contributed by atoms with Gasteiger partial charge in [0.1, 0.15) is 19.6 Å². The van der Waals surface area contributed by atoms with Crippen LogP contribution in [0.15, 0.2) is 121 Å². The molecule has 0 radical (unpaired) electrons. The topological polar surface area (TPSA) is 40.4 Å². The molecule has 4 aromatic carbocycles. The largest absolute Gasteiger partial charge is 0.344 e. The van der Waals surface area contributed by atoms with Gasteiger partial charge in [-0.05, 0) is 78.9 Å². The first kappa shape index (κ1) is 41.9. The molecule has 0 aliphatic carbocycles. The van der Waals surface area contributed by atoms with E-state index < -0.39 is 0 Å². The third-order valence-electron chi connectivity index (χ3n) is 10.9. The summed E-state index contributed by atoms with van der Waals surface area (Å²) in [6, 6.07) is 27.1. The molecular weight excluding hydrogens is 661 g/mol. The van der Waals surface area contributed by atoms with Gasteiger partial charge in [0.25, 0.3) is 0 Å². The van der Waals surface area contributed by atoms with E-state index in [-0.39, 0.29) is 10.8 Å². The predicted molar refractivity (Wildman–Crippen MR) is 234 cm³/mol. The molecule has 0 N–H and O–H groups in total. The highest BCUT2D eigenvalue weighted by atomic mass is 16.1. The van der Waals surface area contributed by atoms with Crippen molar-refractivity contribution in [2.24, 2.45) is 0 Å². The summed E-state index contributed by atoms with van der Waals surface area (Å²) in [7, 11) is 0. The number of rotatable bonds is 14. The number of carbonyl (C=O) groups is 2. The lowest BCUT2D eigenvalue weighted by atomic mass is 9.79. The van der Waals surface area contributed by atoms with Gasteiger partial charge >= 0.3 is 0 Å². The van der Waals surface area contributed by atoms with Crippen molar-refractivity contribution in [2.75, 3.05) is 18.0 Å². The smallest absolute Gasteiger partial charge is 0.210 e. The summed E-state index contributed by atoms with van der Waals surface area (Å²) in [5.41, 5.74) is 8.32. The molecule has 0 atom stereocenters. The van der Waals surface area contributed by atoms with E-state index in [1.165, 1.54) is 114 Å². The van der Waals surface area contributed by atoms with Crippen molar-refractivity contribution in [3.63, 3.8) is 0 Å². The summed E-state index contributed by atoms with van der Waals surface area (Å²) in [6.45, 7) is 19.8. The summed E-state index contributed by atoms with van der Waals surface area (Å²) < 4.78 is 2.60. The number of hydrogen-bond donors (Lipinski definition) is 0. The summed E-state index contributed by atoms with van der Waals surface area (Å²) in [5.74, 6) is 0. The van der Waals surface area contributed by atoms with Gasteiger partial charge < -0.3 is 14.5 Å². The lowest BCUT2D eigenvalue weighted by Crippen LogP contribution is -2.28. The maximum atomic E-state index is 8.81. The summed E-state index contributed by atoms with van der Waals surface area (Å²) in [4.78, 5) is 19.4. The molecule has 0 bridgehead atoms. The second kappa shape index (κ2) is 20.0. The Kier molecular flexibility index (Phi) is 15.5. The molecule has 0 spiro atoms. The van der Waals surface area contributed by atoms with Crippen LogP contribution >= 0.6 is 0 Å². The maximum Gasteiger partial charge on any atom is 0.210 e. The fraction of sp³-hybridized carbons (Fsp3) is 0.380. The minimum atomic E-state index is -0.0701. The maximum absolute atomic E-state index is 8.81. The molecule has 4 nitrogen and oxygen atoms in total. The second-order valence-electron chi connectivity index (χ2n) is 15.3. The molecule has 54 heavy (non-hydrogen) atoms. The summed E-state index contributed by atoms with van der Waals surface area (Å²) in [6.07, 6.45) is 26.6. The Labute approximate surface area is 325 Å². The first-order chi connectivity index (χ1) is 26.2. The van der Waals surface area contributed by atoms with E-state index >= 15 is 0 Å². The summed E-state index contributed by atoms with van der Waals surface area (Å²) >= 11 is 0. The van der Waals surface area contributed by atoms with Gasteiger partial charge in [-0.25, -0.2) is 0 Å². The van der Waals surface area contributed by atoms with Crippen LogP contribution in [0.3, 0.4) is 0 Å². The van der Waals surface area contributed by atoms with E-state index in [0.29, 0.717) is 0 Å². The van der Waals surface area contributed by atoms with Crippen molar-refractivity contribution >= 4 is 51.7 Å². The van der Waals surface area contributed by atoms with Crippen molar-refractivity contribution < 1.29 is 14.2 Å². The minimum absolute atomic E-state index is 0.0701. The van der Waals surface area contributed by atoms with Crippen LogP contribution in [0.5, 0.6) is 0 Å². The zero-order valence-corrected chi connectivity index (χ0v) is 34.0. The van der Waals surface area contributed by atoms with Gasteiger partial charge in [0.15, 0.2) is 5.71 Å². The van der Waals surface area contributed by atoms with Crippen molar-refractivity contribution in [1.82, 2.24) is 0 Å². The first-order valence-electron chi connectivity index (χ1n) is 20.1. The third-order valence-corrected chi connectivity index (χ3v) is 10.9. The van der Waals surface area contributed by atoms with Crippen molar-refractivity contribution in [2.45, 2.75) is 111 Å². The Bertz CT molecular complexity index is 2020. The highest BCUT2D eigenvalue weighted by Gasteiger charge is 2.45. The number of unbranched alkanes of at least 4 members (excludes halogenated alkanes) is 6. The third kappa shape index (κ3) is 9.09. The van der Waals surface area contributed by atoms with Gasteiger partial charge in [0.2, 0.25) is 5.69 Å². The molecule has 0 aromatic heterocycles. The van der Waals surface area contributed by atoms with Crippen LogP contribution in [0.25, 0.3) is 21.5 Å². The fourth-order valence-corrected chi connectivity index (χ4v) is 8.43. The van der Waals surface area contributed by atoms with Gasteiger partial charge in [0, 0.05) is 47.5 Å². The molecule has 2 heterocycles. The van der Waals surface area contributed by atoms with E-state index in [9.17, 15) is 0 Å². The second-order valence-corrected chi connectivity index (χ2v) is 15.3. The summed E-state index contributed by atoms with van der Waals surface area (Å²) in [5, 5.41) is 5.41. The molecular formula is C50H63N2O2+. The van der Waals surface area contributed by atoms with E-state index in [0.717, 1.165) is 19.4 Å². The van der Waals surface area contributed by atoms with E-state index in [1.54, 1.807) is 0 Å². The zero-order valence-electron chi connectivity index (χ0n) is 34.0. The van der Waals surface area contributed by atoms with Crippen molar-refractivity contribution in [3.8, 4) is 0 Å². The molecule has 6 rings (SSSR count). The molecule has 0 saturated carbocycles. The van der Waals surface area contributed by atoms with Crippen LogP contribution in [-0.2, 0) is 20.4 Å². The van der Waals surface area contributed by atoms with Crippen molar-refractivity contribution in [3.05, 3.63) is 132 Å². The zero-order chi connectivity index (χ0) is 39.1. The number of hydrogen-bond acceptors (Lipinski definition) is 3. The molecule has 2 aliphatic rings. The SMILES string of the molecule is C=O.CC=O.CCCCCCN1\C(=C/C=C/C=C/C=C/C2=[N+](CCCCCC)c3ccc4ccccc4c3C2(C)C)C(C)(C)c2c1ccc1ccccc21. The fourth-order valence-electron chi connectivity index (χ4n) is 8.43. The monoisotopic (exact) mass is 723 g/mol. The lowest BCUT2D eigenvalue weighted by Gasteiger charge is -2.27. The average molecular weight is 724 g/mol. The number of benzene rings is 4. The van der Waals surface area contributed by atoms with Gasteiger partial charge in [0.05, 0.1) is 5.41 Å². The number of anilines is 1. The molecule has 0 fully saturated rings. The highest BCUT2D eigenvalue weighted by Crippen LogP contribution is 2.51. The Balaban J connectivity index is 0.00000124. The quantitative estimate of drug-likeness (QED) is 0.0563. The van der Waals surface area contributed by atoms with Crippen LogP contribution < -0.4 is 4.90 Å². The van der Waals surface area contributed by atoms with E-state index in [2.05, 4.69) is 166 Å². The Morgan fingerprint density at radius 1 is 0.648 bits per heavy atom. The Hall–Kier alpha value is -4.83. The average Bonchev–Trinajstić information content (AvgIpc) is 3.54. The number of carbonyl (C=O) groups excluding carboxylic acids is 2. The van der Waals surface area contributed by atoms with Gasteiger partial charge in [-0.2, -0.15) is 4.58 Å². The van der Waals surface area contributed by atoms with E-state index in [4.69, 9.17) is 9.59 Å². The van der Waals surface area contributed by atoms with Crippen LogP contribution in [0.2, 0.25) is 0 Å². The molecule has 4 heteroatoms.